The summed E-state index contributed by atoms with van der Waals surface area (Å²) in [7, 11) is 3.75. The van der Waals surface area contributed by atoms with Crippen LogP contribution >= 0.6 is 0 Å². The van der Waals surface area contributed by atoms with Gasteiger partial charge in [0.15, 0.2) is 0 Å². The number of hydrogen-bond acceptors (Lipinski definition) is 2. The van der Waals surface area contributed by atoms with E-state index in [9.17, 15) is 0 Å². The van der Waals surface area contributed by atoms with E-state index in [1.807, 2.05) is 13.1 Å². The minimum Gasteiger partial charge on any atom is -0.496 e. The molecule has 1 atom stereocenters. The van der Waals surface area contributed by atoms with E-state index in [-0.39, 0.29) is 0 Å². The molecule has 1 aromatic heterocycles. The Morgan fingerprint density at radius 2 is 2.00 bits per heavy atom. The number of rotatable bonds is 5. The van der Waals surface area contributed by atoms with E-state index in [1.165, 1.54) is 16.5 Å². The van der Waals surface area contributed by atoms with Crippen molar-refractivity contribution in [3.63, 3.8) is 0 Å². The zero-order valence-electron chi connectivity index (χ0n) is 12.5. The molecular formula is C16H24N2O. The van der Waals surface area contributed by atoms with E-state index in [0.717, 1.165) is 12.2 Å². The van der Waals surface area contributed by atoms with Gasteiger partial charge < -0.3 is 14.6 Å². The second-order valence-corrected chi connectivity index (χ2v) is 5.40. The van der Waals surface area contributed by atoms with Gasteiger partial charge in [-0.05, 0) is 51.9 Å². The first-order valence-electron chi connectivity index (χ1n) is 6.92. The number of nitrogens with zero attached hydrogens (tertiary/aromatic N) is 1. The zero-order valence-corrected chi connectivity index (χ0v) is 12.5. The lowest BCUT2D eigenvalue weighted by molar-refractivity contribution is 0.419. The summed E-state index contributed by atoms with van der Waals surface area (Å²) in [6, 6.07) is 7.18. The van der Waals surface area contributed by atoms with Crippen molar-refractivity contribution >= 4 is 10.9 Å². The largest absolute Gasteiger partial charge is 0.496 e. The van der Waals surface area contributed by atoms with Crippen molar-refractivity contribution in [1.29, 1.82) is 0 Å². The molecule has 3 nitrogen and oxygen atoms in total. The van der Waals surface area contributed by atoms with Crippen molar-refractivity contribution in [2.75, 3.05) is 14.2 Å². The molecule has 104 valence electrons. The van der Waals surface area contributed by atoms with Crippen molar-refractivity contribution in [2.24, 2.45) is 0 Å². The Labute approximate surface area is 115 Å². The highest BCUT2D eigenvalue weighted by atomic mass is 16.5. The standard InChI is InChI=1S/C16H24N2O/c1-11(2)18-10-13(9-12(3)17-4)16-14(18)7-6-8-15(16)19-5/h6-8,10-12,17H,9H2,1-5H3. The van der Waals surface area contributed by atoms with E-state index >= 15 is 0 Å². The number of hydrogen-bond donors (Lipinski definition) is 1. The molecule has 0 bridgehead atoms. The van der Waals surface area contributed by atoms with Gasteiger partial charge in [0.2, 0.25) is 0 Å². The molecular weight excluding hydrogens is 236 g/mol. The summed E-state index contributed by atoms with van der Waals surface area (Å²) in [5, 5.41) is 4.55. The van der Waals surface area contributed by atoms with Crippen LogP contribution in [0.4, 0.5) is 0 Å². The lowest BCUT2D eigenvalue weighted by atomic mass is 10.1. The molecule has 0 fully saturated rings. The molecule has 0 amide bonds. The fourth-order valence-corrected chi connectivity index (χ4v) is 2.54. The first kappa shape index (κ1) is 13.9. The van der Waals surface area contributed by atoms with Crippen LogP contribution in [-0.2, 0) is 6.42 Å². The number of nitrogens with one attached hydrogen (secondary N) is 1. The van der Waals surface area contributed by atoms with Crippen LogP contribution in [0, 0.1) is 0 Å². The molecule has 19 heavy (non-hydrogen) atoms. The average Bonchev–Trinajstić information content (AvgIpc) is 2.77. The molecule has 0 saturated heterocycles. The summed E-state index contributed by atoms with van der Waals surface area (Å²) >= 11 is 0. The molecule has 2 rings (SSSR count). The summed E-state index contributed by atoms with van der Waals surface area (Å²) in [4.78, 5) is 0. The summed E-state index contributed by atoms with van der Waals surface area (Å²) in [6.45, 7) is 6.63. The maximum Gasteiger partial charge on any atom is 0.128 e. The van der Waals surface area contributed by atoms with Gasteiger partial charge in [0, 0.05) is 23.7 Å². The Hall–Kier alpha value is -1.48. The number of fused-ring (bicyclic) bond motifs is 1. The molecule has 0 aliphatic heterocycles. The SMILES string of the molecule is CNC(C)Cc1cn(C(C)C)c2cccc(OC)c12. The van der Waals surface area contributed by atoms with E-state index in [2.05, 4.69) is 49.0 Å². The van der Waals surface area contributed by atoms with Gasteiger partial charge >= 0.3 is 0 Å². The predicted octanol–water partition coefficient (Wildman–Crippen LogP) is 3.38. The molecule has 1 heterocycles. The first-order chi connectivity index (χ1) is 9.08. The minimum atomic E-state index is 0.452. The zero-order chi connectivity index (χ0) is 14.0. The third-order valence-electron chi connectivity index (χ3n) is 3.69. The summed E-state index contributed by atoms with van der Waals surface area (Å²) < 4.78 is 7.87. The van der Waals surface area contributed by atoms with Crippen LogP contribution in [-0.4, -0.2) is 24.8 Å². The van der Waals surface area contributed by atoms with Crippen LogP contribution in [0.1, 0.15) is 32.4 Å². The maximum absolute atomic E-state index is 5.54. The minimum absolute atomic E-state index is 0.452. The molecule has 1 unspecified atom stereocenters. The Morgan fingerprint density at radius 3 is 2.58 bits per heavy atom. The fraction of sp³-hybridized carbons (Fsp3) is 0.500. The highest BCUT2D eigenvalue weighted by Crippen LogP contribution is 2.33. The van der Waals surface area contributed by atoms with Gasteiger partial charge in [0.1, 0.15) is 5.75 Å². The average molecular weight is 260 g/mol. The van der Waals surface area contributed by atoms with Crippen molar-refractivity contribution < 1.29 is 4.74 Å². The topological polar surface area (TPSA) is 26.2 Å². The molecule has 2 aromatic rings. The van der Waals surface area contributed by atoms with Crippen LogP contribution in [0.5, 0.6) is 5.75 Å². The molecule has 3 heteroatoms. The lowest BCUT2D eigenvalue weighted by Gasteiger charge is -2.10. The van der Waals surface area contributed by atoms with Gasteiger partial charge in [-0.15, -0.1) is 0 Å². The third-order valence-corrected chi connectivity index (χ3v) is 3.69. The van der Waals surface area contributed by atoms with E-state index in [1.54, 1.807) is 7.11 Å². The second kappa shape index (κ2) is 5.66. The maximum atomic E-state index is 5.54. The molecule has 0 saturated carbocycles. The molecule has 0 aliphatic rings. The highest BCUT2D eigenvalue weighted by Gasteiger charge is 2.15. The van der Waals surface area contributed by atoms with Crippen molar-refractivity contribution in [2.45, 2.75) is 39.3 Å². The Bertz CT molecular complexity index is 557. The summed E-state index contributed by atoms with van der Waals surface area (Å²) in [5.74, 6) is 0.968. The quantitative estimate of drug-likeness (QED) is 0.892. The van der Waals surface area contributed by atoms with E-state index in [0.29, 0.717) is 12.1 Å². The van der Waals surface area contributed by atoms with Crippen LogP contribution in [0.15, 0.2) is 24.4 Å². The molecule has 1 aromatic carbocycles. The predicted molar refractivity (Wildman–Crippen MR) is 81.1 cm³/mol. The molecule has 0 aliphatic carbocycles. The van der Waals surface area contributed by atoms with Crippen LogP contribution in [0.25, 0.3) is 10.9 Å². The first-order valence-corrected chi connectivity index (χ1v) is 6.92. The number of methoxy groups -OCH3 is 1. The monoisotopic (exact) mass is 260 g/mol. The van der Waals surface area contributed by atoms with Gasteiger partial charge in [-0.25, -0.2) is 0 Å². The van der Waals surface area contributed by atoms with Crippen LogP contribution in [0.2, 0.25) is 0 Å². The van der Waals surface area contributed by atoms with Gasteiger partial charge in [-0.2, -0.15) is 0 Å². The van der Waals surface area contributed by atoms with E-state index < -0.39 is 0 Å². The third kappa shape index (κ3) is 2.61. The summed E-state index contributed by atoms with van der Waals surface area (Å²) in [5.41, 5.74) is 2.61. The van der Waals surface area contributed by atoms with Crippen molar-refractivity contribution in [3.05, 3.63) is 30.0 Å². The highest BCUT2D eigenvalue weighted by molar-refractivity contribution is 5.90. The number of aromatic nitrogens is 1. The van der Waals surface area contributed by atoms with Gasteiger partial charge in [-0.3, -0.25) is 0 Å². The summed E-state index contributed by atoms with van der Waals surface area (Å²) in [6.07, 6.45) is 3.28. The number of likely N-dealkylation sites (N-methyl/N-ethyl adjacent to an activating group) is 1. The van der Waals surface area contributed by atoms with Crippen LogP contribution < -0.4 is 10.1 Å². The van der Waals surface area contributed by atoms with Crippen molar-refractivity contribution in [3.8, 4) is 5.75 Å². The second-order valence-electron chi connectivity index (χ2n) is 5.40. The fourth-order valence-electron chi connectivity index (χ4n) is 2.54. The molecule has 0 spiro atoms. The lowest BCUT2D eigenvalue weighted by Crippen LogP contribution is -2.23. The number of benzene rings is 1. The Morgan fingerprint density at radius 1 is 1.26 bits per heavy atom. The van der Waals surface area contributed by atoms with Gasteiger partial charge in [-0.1, -0.05) is 6.07 Å². The van der Waals surface area contributed by atoms with Gasteiger partial charge in [0.05, 0.1) is 12.6 Å². The van der Waals surface area contributed by atoms with Crippen LogP contribution in [0.3, 0.4) is 0 Å². The van der Waals surface area contributed by atoms with E-state index in [4.69, 9.17) is 4.74 Å². The van der Waals surface area contributed by atoms with Gasteiger partial charge in [0.25, 0.3) is 0 Å². The molecule has 0 radical (unpaired) electrons. The smallest absolute Gasteiger partial charge is 0.128 e. The Kier molecular flexibility index (Phi) is 4.15. The van der Waals surface area contributed by atoms with Crippen molar-refractivity contribution in [1.82, 2.24) is 9.88 Å². The normalized spacial score (nSPS) is 13.2. The Balaban J connectivity index is 2.61. The molecule has 1 N–H and O–H groups in total. The number of ether oxygens (including phenoxy) is 1.